The Morgan fingerprint density at radius 2 is 1.78 bits per heavy atom. The Morgan fingerprint density at radius 3 is 2.41 bits per heavy atom. The van der Waals surface area contributed by atoms with E-state index in [1.807, 2.05) is 6.07 Å². The van der Waals surface area contributed by atoms with Crippen molar-refractivity contribution in [3.05, 3.63) is 92.1 Å². The van der Waals surface area contributed by atoms with Gasteiger partial charge in [0, 0.05) is 31.9 Å². The lowest BCUT2D eigenvalue weighted by Gasteiger charge is -2.24. The standard InChI is InChI=1S/C22H22F2N4O4/c1-32-9-5-8-27(21(30)15-10-16(23)12-17(24)11-15)18-19(25)28(22(31)26-20(18)29)13-14-6-3-2-4-7-14/h2-4,6-7,10-12H,5,8-9,13,25H2,1H3,(H,26,29,31). The van der Waals surface area contributed by atoms with E-state index in [0.717, 1.165) is 27.2 Å². The number of hydrogen-bond donors (Lipinski definition) is 2. The molecule has 2 aromatic carbocycles. The molecular weight excluding hydrogens is 422 g/mol. The van der Waals surface area contributed by atoms with Gasteiger partial charge in [-0.3, -0.25) is 19.1 Å². The summed E-state index contributed by atoms with van der Waals surface area (Å²) >= 11 is 0. The van der Waals surface area contributed by atoms with Crippen LogP contribution in [0.15, 0.2) is 58.1 Å². The second-order valence-electron chi connectivity index (χ2n) is 7.03. The van der Waals surface area contributed by atoms with Crippen LogP contribution in [0.2, 0.25) is 0 Å². The molecule has 1 heterocycles. The Kier molecular flexibility index (Phi) is 7.16. The highest BCUT2D eigenvalue weighted by molar-refractivity contribution is 6.07. The summed E-state index contributed by atoms with van der Waals surface area (Å²) in [4.78, 5) is 41.4. The van der Waals surface area contributed by atoms with Crippen LogP contribution in [0.4, 0.5) is 20.3 Å². The number of aromatic nitrogens is 2. The maximum Gasteiger partial charge on any atom is 0.330 e. The number of carbonyl (C=O) groups excluding carboxylic acids is 1. The summed E-state index contributed by atoms with van der Waals surface area (Å²) in [6, 6.07) is 11.3. The van der Waals surface area contributed by atoms with Crippen molar-refractivity contribution < 1.29 is 18.3 Å². The van der Waals surface area contributed by atoms with E-state index in [1.165, 1.54) is 7.11 Å². The monoisotopic (exact) mass is 444 g/mol. The number of amides is 1. The Bertz CT molecular complexity index is 1200. The quantitative estimate of drug-likeness (QED) is 0.517. The molecule has 0 aliphatic heterocycles. The predicted molar refractivity (Wildman–Crippen MR) is 116 cm³/mol. The van der Waals surface area contributed by atoms with E-state index in [-0.39, 0.29) is 36.8 Å². The van der Waals surface area contributed by atoms with Gasteiger partial charge in [0.15, 0.2) is 5.69 Å². The van der Waals surface area contributed by atoms with Crippen molar-refractivity contribution in [3.8, 4) is 0 Å². The smallest absolute Gasteiger partial charge is 0.330 e. The molecule has 0 bridgehead atoms. The maximum absolute atomic E-state index is 13.7. The van der Waals surface area contributed by atoms with Crippen molar-refractivity contribution in [1.29, 1.82) is 0 Å². The summed E-state index contributed by atoms with van der Waals surface area (Å²) in [5, 5.41) is 0. The molecule has 0 unspecified atom stereocenters. The van der Waals surface area contributed by atoms with Crippen molar-refractivity contribution >= 4 is 17.4 Å². The number of aromatic amines is 1. The van der Waals surface area contributed by atoms with Crippen molar-refractivity contribution in [2.75, 3.05) is 30.9 Å². The first-order valence-corrected chi connectivity index (χ1v) is 9.75. The molecule has 1 amide bonds. The minimum absolute atomic E-state index is 0.0401. The molecule has 8 nitrogen and oxygen atoms in total. The molecular formula is C22H22F2N4O4. The van der Waals surface area contributed by atoms with E-state index in [4.69, 9.17) is 10.5 Å². The molecule has 0 saturated carbocycles. The number of anilines is 2. The van der Waals surface area contributed by atoms with E-state index in [9.17, 15) is 23.2 Å². The van der Waals surface area contributed by atoms with Gasteiger partial charge in [-0.2, -0.15) is 0 Å². The van der Waals surface area contributed by atoms with E-state index in [1.54, 1.807) is 24.3 Å². The fourth-order valence-corrected chi connectivity index (χ4v) is 3.28. The van der Waals surface area contributed by atoms with Gasteiger partial charge in [-0.1, -0.05) is 30.3 Å². The first kappa shape index (κ1) is 22.9. The third-order valence-corrected chi connectivity index (χ3v) is 4.75. The number of halogens is 2. The average Bonchev–Trinajstić information content (AvgIpc) is 2.75. The number of nitrogens with two attached hydrogens (primary N) is 1. The Morgan fingerprint density at radius 1 is 1.12 bits per heavy atom. The molecule has 10 heteroatoms. The van der Waals surface area contributed by atoms with Crippen molar-refractivity contribution in [3.63, 3.8) is 0 Å². The van der Waals surface area contributed by atoms with Gasteiger partial charge in [0.25, 0.3) is 11.5 Å². The highest BCUT2D eigenvalue weighted by Crippen LogP contribution is 2.21. The van der Waals surface area contributed by atoms with E-state index in [0.29, 0.717) is 12.5 Å². The molecule has 3 N–H and O–H groups in total. The lowest BCUT2D eigenvalue weighted by Crippen LogP contribution is -2.42. The van der Waals surface area contributed by atoms with Crippen LogP contribution in [0.3, 0.4) is 0 Å². The zero-order valence-corrected chi connectivity index (χ0v) is 17.3. The average molecular weight is 444 g/mol. The molecule has 3 rings (SSSR count). The van der Waals surface area contributed by atoms with E-state index >= 15 is 0 Å². The summed E-state index contributed by atoms with van der Waals surface area (Å²) in [7, 11) is 1.47. The molecule has 0 aliphatic carbocycles. The van der Waals surface area contributed by atoms with Crippen molar-refractivity contribution in [2.45, 2.75) is 13.0 Å². The summed E-state index contributed by atoms with van der Waals surface area (Å²) in [6.07, 6.45) is 0.302. The highest BCUT2D eigenvalue weighted by atomic mass is 19.1. The van der Waals surface area contributed by atoms with Crippen LogP contribution in [0.25, 0.3) is 0 Å². The normalized spacial score (nSPS) is 10.8. The summed E-state index contributed by atoms with van der Waals surface area (Å²) in [5.74, 6) is -2.98. The molecule has 0 fully saturated rings. The zero-order chi connectivity index (χ0) is 23.3. The fraction of sp³-hybridized carbons (Fsp3) is 0.227. The van der Waals surface area contributed by atoms with Crippen LogP contribution in [-0.4, -0.2) is 35.7 Å². The number of hydrogen-bond acceptors (Lipinski definition) is 5. The van der Waals surface area contributed by atoms with Gasteiger partial charge in [-0.15, -0.1) is 0 Å². The molecule has 168 valence electrons. The number of H-pyrrole nitrogens is 1. The van der Waals surface area contributed by atoms with Gasteiger partial charge in [-0.25, -0.2) is 13.6 Å². The van der Waals surface area contributed by atoms with Crippen LogP contribution >= 0.6 is 0 Å². The molecule has 0 aliphatic rings. The largest absolute Gasteiger partial charge is 0.385 e. The van der Waals surface area contributed by atoms with Gasteiger partial charge < -0.3 is 15.4 Å². The molecule has 0 atom stereocenters. The van der Waals surface area contributed by atoms with Crippen LogP contribution in [0.5, 0.6) is 0 Å². The lowest BCUT2D eigenvalue weighted by molar-refractivity contribution is 0.0982. The molecule has 3 aromatic rings. The number of rotatable bonds is 8. The minimum atomic E-state index is -0.943. The number of carbonyl (C=O) groups is 1. The Labute approximate surface area is 181 Å². The van der Waals surface area contributed by atoms with Crippen molar-refractivity contribution in [2.24, 2.45) is 0 Å². The summed E-state index contributed by atoms with van der Waals surface area (Å²) < 4.78 is 33.5. The number of methoxy groups -OCH3 is 1. The van der Waals surface area contributed by atoms with Gasteiger partial charge in [0.1, 0.15) is 17.5 Å². The number of nitrogens with one attached hydrogen (secondary N) is 1. The Balaban J connectivity index is 2.11. The molecule has 0 saturated heterocycles. The second-order valence-corrected chi connectivity index (χ2v) is 7.03. The van der Waals surface area contributed by atoms with Gasteiger partial charge in [0.05, 0.1) is 6.54 Å². The number of nitrogens with zero attached hydrogens (tertiary/aromatic N) is 2. The molecule has 1 aromatic heterocycles. The van der Waals surface area contributed by atoms with Crippen LogP contribution < -0.4 is 21.9 Å². The number of benzene rings is 2. The number of nitrogen functional groups attached to an aromatic ring is 1. The van der Waals surface area contributed by atoms with Crippen LogP contribution in [-0.2, 0) is 11.3 Å². The van der Waals surface area contributed by atoms with E-state index in [2.05, 4.69) is 4.98 Å². The first-order valence-electron chi connectivity index (χ1n) is 9.75. The van der Waals surface area contributed by atoms with Gasteiger partial charge in [-0.05, 0) is 24.1 Å². The maximum atomic E-state index is 13.7. The topological polar surface area (TPSA) is 110 Å². The Hall–Kier alpha value is -3.79. The van der Waals surface area contributed by atoms with Crippen LogP contribution in [0.1, 0.15) is 22.3 Å². The summed E-state index contributed by atoms with van der Waals surface area (Å²) in [5.41, 5.74) is 4.69. The summed E-state index contributed by atoms with van der Waals surface area (Å²) in [6.45, 7) is 0.258. The number of ether oxygens (including phenoxy) is 1. The van der Waals surface area contributed by atoms with Crippen LogP contribution in [0, 0.1) is 11.6 Å². The minimum Gasteiger partial charge on any atom is -0.385 e. The molecule has 32 heavy (non-hydrogen) atoms. The third-order valence-electron chi connectivity index (χ3n) is 4.75. The molecule has 0 radical (unpaired) electrons. The third kappa shape index (κ3) is 5.09. The fourth-order valence-electron chi connectivity index (χ4n) is 3.28. The molecule has 0 spiro atoms. The van der Waals surface area contributed by atoms with E-state index < -0.39 is 28.8 Å². The lowest BCUT2D eigenvalue weighted by atomic mass is 10.1. The first-order chi connectivity index (χ1) is 15.3. The zero-order valence-electron chi connectivity index (χ0n) is 17.3. The van der Waals surface area contributed by atoms with Gasteiger partial charge in [0.2, 0.25) is 0 Å². The van der Waals surface area contributed by atoms with Crippen molar-refractivity contribution in [1.82, 2.24) is 9.55 Å². The predicted octanol–water partition coefficient (Wildman–Crippen LogP) is 2.13. The SMILES string of the molecule is COCCCN(C(=O)c1cc(F)cc(F)c1)c1c(N)n(Cc2ccccc2)c(=O)[nH]c1=O. The second kappa shape index (κ2) is 10.0. The van der Waals surface area contributed by atoms with Gasteiger partial charge >= 0.3 is 5.69 Å². The highest BCUT2D eigenvalue weighted by Gasteiger charge is 2.26.